The van der Waals surface area contributed by atoms with Crippen LogP contribution in [0.25, 0.3) is 0 Å². The minimum absolute atomic E-state index is 0.0524. The summed E-state index contributed by atoms with van der Waals surface area (Å²) >= 11 is 1.47. The monoisotopic (exact) mass is 299 g/mol. The lowest BCUT2D eigenvalue weighted by molar-refractivity contribution is 0.0953. The number of nitrogens with zero attached hydrogens (tertiary/aromatic N) is 1. The summed E-state index contributed by atoms with van der Waals surface area (Å²) < 4.78 is 0. The highest BCUT2D eigenvalue weighted by molar-refractivity contribution is 7.12. The van der Waals surface area contributed by atoms with Crippen molar-refractivity contribution in [3.8, 4) is 6.07 Å². The number of anilines is 1. The van der Waals surface area contributed by atoms with Gasteiger partial charge in [0, 0.05) is 29.2 Å². The molecule has 21 heavy (non-hydrogen) atoms. The van der Waals surface area contributed by atoms with E-state index < -0.39 is 0 Å². The Hall–Kier alpha value is -2.32. The first-order chi connectivity index (χ1) is 10.2. The molecule has 0 aliphatic rings. The third-order valence-electron chi connectivity index (χ3n) is 2.90. The van der Waals surface area contributed by atoms with Gasteiger partial charge in [-0.1, -0.05) is 13.0 Å². The van der Waals surface area contributed by atoms with Crippen LogP contribution in [0.3, 0.4) is 0 Å². The summed E-state index contributed by atoms with van der Waals surface area (Å²) in [6.07, 6.45) is 0.920. The van der Waals surface area contributed by atoms with Crippen LogP contribution in [0.5, 0.6) is 0 Å². The van der Waals surface area contributed by atoms with Crippen molar-refractivity contribution in [3.05, 3.63) is 51.7 Å². The van der Waals surface area contributed by atoms with Gasteiger partial charge in [-0.2, -0.15) is 5.26 Å². The summed E-state index contributed by atoms with van der Waals surface area (Å²) in [4.78, 5) is 13.7. The zero-order chi connectivity index (χ0) is 15.1. The Kier molecular flexibility index (Phi) is 5.35. The van der Waals surface area contributed by atoms with Crippen LogP contribution in [0.1, 0.15) is 33.5 Å². The van der Waals surface area contributed by atoms with Crippen LogP contribution in [-0.4, -0.2) is 12.5 Å². The van der Waals surface area contributed by atoms with Gasteiger partial charge in [0.1, 0.15) is 10.9 Å². The molecule has 108 valence electrons. The number of hydrogen-bond acceptors (Lipinski definition) is 4. The molecule has 5 heteroatoms. The van der Waals surface area contributed by atoms with Crippen molar-refractivity contribution < 1.29 is 4.79 Å². The molecule has 2 aromatic rings. The smallest absolute Gasteiger partial charge is 0.251 e. The number of hydrogen-bond donors (Lipinski definition) is 2. The van der Waals surface area contributed by atoms with E-state index in [9.17, 15) is 4.79 Å². The summed E-state index contributed by atoms with van der Waals surface area (Å²) in [7, 11) is 0. The SMILES string of the molecule is CCCNC(=O)c1cccc(NCc2ccc(C#N)s2)c1. The topological polar surface area (TPSA) is 64.9 Å². The van der Waals surface area contributed by atoms with Crippen LogP contribution >= 0.6 is 11.3 Å². The molecule has 0 saturated carbocycles. The van der Waals surface area contributed by atoms with Crippen LogP contribution < -0.4 is 10.6 Å². The molecule has 0 aliphatic carbocycles. The molecular formula is C16H17N3OS. The van der Waals surface area contributed by atoms with Gasteiger partial charge in [-0.25, -0.2) is 0 Å². The van der Waals surface area contributed by atoms with Crippen LogP contribution in [-0.2, 0) is 6.54 Å². The molecule has 0 fully saturated rings. The third kappa shape index (κ3) is 4.33. The van der Waals surface area contributed by atoms with Crippen molar-refractivity contribution in [2.75, 3.05) is 11.9 Å². The lowest BCUT2D eigenvalue weighted by Gasteiger charge is -2.08. The number of benzene rings is 1. The molecule has 0 unspecified atom stereocenters. The summed E-state index contributed by atoms with van der Waals surface area (Å²) in [6.45, 7) is 3.35. The number of nitriles is 1. The van der Waals surface area contributed by atoms with Crippen LogP contribution in [0, 0.1) is 11.3 Å². The predicted octanol–water partition coefficient (Wildman–Crippen LogP) is 3.37. The number of carbonyl (C=O) groups excluding carboxylic acids is 1. The second kappa shape index (κ2) is 7.46. The highest BCUT2D eigenvalue weighted by Crippen LogP contribution is 2.18. The Morgan fingerprint density at radius 1 is 1.33 bits per heavy atom. The summed E-state index contributed by atoms with van der Waals surface area (Å²) in [5.41, 5.74) is 1.54. The Morgan fingerprint density at radius 2 is 2.19 bits per heavy atom. The molecule has 4 nitrogen and oxygen atoms in total. The van der Waals surface area contributed by atoms with Crippen molar-refractivity contribution in [2.24, 2.45) is 0 Å². The maximum atomic E-state index is 11.9. The molecule has 1 aromatic carbocycles. The summed E-state index contributed by atoms with van der Waals surface area (Å²) in [6, 6.07) is 13.3. The highest BCUT2D eigenvalue weighted by Gasteiger charge is 2.05. The van der Waals surface area contributed by atoms with Gasteiger partial charge in [0.15, 0.2) is 0 Å². The minimum atomic E-state index is -0.0524. The highest BCUT2D eigenvalue weighted by atomic mass is 32.1. The average molecular weight is 299 g/mol. The van der Waals surface area contributed by atoms with Crippen molar-refractivity contribution in [1.82, 2.24) is 5.32 Å². The molecule has 0 bridgehead atoms. The maximum Gasteiger partial charge on any atom is 0.251 e. The van der Waals surface area contributed by atoms with E-state index in [-0.39, 0.29) is 5.91 Å². The molecule has 2 rings (SSSR count). The molecule has 1 heterocycles. The van der Waals surface area contributed by atoms with Crippen molar-refractivity contribution in [1.29, 1.82) is 5.26 Å². The Balaban J connectivity index is 1.97. The predicted molar refractivity (Wildman–Crippen MR) is 85.4 cm³/mol. The van der Waals surface area contributed by atoms with Crippen LogP contribution in [0.15, 0.2) is 36.4 Å². The van der Waals surface area contributed by atoms with E-state index in [1.165, 1.54) is 11.3 Å². The molecule has 0 radical (unpaired) electrons. The maximum absolute atomic E-state index is 11.9. The molecule has 1 aromatic heterocycles. The molecule has 0 aliphatic heterocycles. The fourth-order valence-corrected chi connectivity index (χ4v) is 2.58. The van der Waals surface area contributed by atoms with Gasteiger partial charge in [0.25, 0.3) is 5.91 Å². The van der Waals surface area contributed by atoms with E-state index in [0.29, 0.717) is 23.5 Å². The largest absolute Gasteiger partial charge is 0.380 e. The van der Waals surface area contributed by atoms with Gasteiger partial charge in [0.2, 0.25) is 0 Å². The van der Waals surface area contributed by atoms with Gasteiger partial charge < -0.3 is 10.6 Å². The second-order valence-electron chi connectivity index (χ2n) is 4.57. The lowest BCUT2D eigenvalue weighted by atomic mass is 10.2. The van der Waals surface area contributed by atoms with Crippen molar-refractivity contribution in [2.45, 2.75) is 19.9 Å². The normalized spacial score (nSPS) is 9.90. The quantitative estimate of drug-likeness (QED) is 0.859. The Morgan fingerprint density at radius 3 is 2.90 bits per heavy atom. The zero-order valence-corrected chi connectivity index (χ0v) is 12.7. The van der Waals surface area contributed by atoms with E-state index in [1.807, 2.05) is 37.3 Å². The fraction of sp³-hybridized carbons (Fsp3) is 0.250. The van der Waals surface area contributed by atoms with Crippen molar-refractivity contribution in [3.63, 3.8) is 0 Å². The Labute approximate surface area is 128 Å². The second-order valence-corrected chi connectivity index (χ2v) is 5.74. The van der Waals surface area contributed by atoms with Gasteiger partial charge in [-0.15, -0.1) is 11.3 Å². The van der Waals surface area contributed by atoms with Crippen LogP contribution in [0.4, 0.5) is 5.69 Å². The van der Waals surface area contributed by atoms with E-state index in [1.54, 1.807) is 6.07 Å². The van der Waals surface area contributed by atoms with E-state index in [2.05, 4.69) is 16.7 Å². The number of nitrogens with one attached hydrogen (secondary N) is 2. The van der Waals surface area contributed by atoms with Crippen molar-refractivity contribution >= 4 is 22.9 Å². The molecular weight excluding hydrogens is 282 g/mol. The first-order valence-corrected chi connectivity index (χ1v) is 7.65. The van der Waals surface area contributed by atoms with E-state index >= 15 is 0 Å². The average Bonchev–Trinajstić information content (AvgIpc) is 2.99. The molecule has 0 atom stereocenters. The minimum Gasteiger partial charge on any atom is -0.380 e. The van der Waals surface area contributed by atoms with Gasteiger partial charge in [-0.05, 0) is 36.8 Å². The molecule has 0 spiro atoms. The summed E-state index contributed by atoms with van der Waals surface area (Å²) in [5, 5.41) is 14.9. The lowest BCUT2D eigenvalue weighted by Crippen LogP contribution is -2.23. The number of rotatable bonds is 6. The van der Waals surface area contributed by atoms with E-state index in [0.717, 1.165) is 17.0 Å². The van der Waals surface area contributed by atoms with Crippen LogP contribution in [0.2, 0.25) is 0 Å². The van der Waals surface area contributed by atoms with Gasteiger partial charge in [-0.3, -0.25) is 4.79 Å². The fourth-order valence-electron chi connectivity index (χ4n) is 1.83. The molecule has 1 amide bonds. The zero-order valence-electron chi connectivity index (χ0n) is 11.8. The first kappa shape index (κ1) is 15.1. The number of amides is 1. The standard InChI is InChI=1S/C16H17N3OS/c1-2-8-18-16(20)12-4-3-5-13(9-12)19-11-15-7-6-14(10-17)21-15/h3-7,9,19H,2,8,11H2,1H3,(H,18,20). The van der Waals surface area contributed by atoms with Gasteiger partial charge >= 0.3 is 0 Å². The first-order valence-electron chi connectivity index (χ1n) is 6.84. The molecule has 0 saturated heterocycles. The number of thiophene rings is 1. The Bertz CT molecular complexity index is 658. The van der Waals surface area contributed by atoms with Gasteiger partial charge in [0.05, 0.1) is 0 Å². The van der Waals surface area contributed by atoms with E-state index in [4.69, 9.17) is 5.26 Å². The third-order valence-corrected chi connectivity index (χ3v) is 3.89. The molecule has 2 N–H and O–H groups in total. The number of carbonyl (C=O) groups is 1. The summed E-state index contributed by atoms with van der Waals surface area (Å²) in [5.74, 6) is -0.0524.